The molecule has 2 saturated heterocycles. The summed E-state index contributed by atoms with van der Waals surface area (Å²) in [6.07, 6.45) is 6.40. The van der Waals surface area contributed by atoms with Gasteiger partial charge < -0.3 is 15.2 Å². The molecule has 4 atom stereocenters. The molecule has 2 aliphatic heterocycles. The zero-order valence-electron chi connectivity index (χ0n) is 21.2. The van der Waals surface area contributed by atoms with Crippen LogP contribution in [-0.2, 0) is 6.54 Å². The quantitative estimate of drug-likeness (QED) is 0.493. The van der Waals surface area contributed by atoms with Crippen molar-refractivity contribution in [3.8, 4) is 17.9 Å². The van der Waals surface area contributed by atoms with Crippen LogP contribution in [0.3, 0.4) is 0 Å². The highest BCUT2D eigenvalue weighted by atomic mass is 16.5. The second kappa shape index (κ2) is 12.7. The van der Waals surface area contributed by atoms with Crippen LogP contribution in [0.15, 0.2) is 36.4 Å². The van der Waals surface area contributed by atoms with Crippen molar-refractivity contribution >= 4 is 0 Å². The minimum atomic E-state index is -0.120. The monoisotopic (exact) mass is 475 g/mol. The number of nitrogens with one attached hydrogen (secondary N) is 2. The first-order valence-corrected chi connectivity index (χ1v) is 12.3. The standard InChI is InChI=1S/C27H33N5O.CH4O/c1-18(32-22-5-4-6-23(32)10-9-22)24-11-7-19(15-28)14-25(24)27(30-2)31-17-20-8-12-26(33-3)21(13-20)16-29;1-2/h7-8,11-14,18,22-23,27,30-31H,4-6,9-10,17H2,1-3H3;2H,1H3. The molecule has 0 amide bonds. The molecule has 4 unspecified atom stereocenters. The summed E-state index contributed by atoms with van der Waals surface area (Å²) in [4.78, 5) is 2.73. The number of fused-ring (bicyclic) bond motifs is 2. The largest absolute Gasteiger partial charge is 0.495 e. The fourth-order valence-electron chi connectivity index (χ4n) is 5.76. The molecule has 0 aromatic heterocycles. The Morgan fingerprint density at radius 1 is 1.03 bits per heavy atom. The first-order chi connectivity index (χ1) is 17.1. The molecule has 0 radical (unpaired) electrons. The topological polar surface area (TPSA) is 104 Å². The zero-order chi connectivity index (χ0) is 25.4. The van der Waals surface area contributed by atoms with E-state index in [1.807, 2.05) is 37.4 Å². The molecule has 0 spiro atoms. The van der Waals surface area contributed by atoms with E-state index in [9.17, 15) is 10.5 Å². The van der Waals surface area contributed by atoms with Gasteiger partial charge >= 0.3 is 0 Å². The minimum Gasteiger partial charge on any atom is -0.495 e. The van der Waals surface area contributed by atoms with Crippen molar-refractivity contribution in [1.82, 2.24) is 15.5 Å². The number of nitriles is 2. The summed E-state index contributed by atoms with van der Waals surface area (Å²) in [5.74, 6) is 0.584. The van der Waals surface area contributed by atoms with Crippen LogP contribution >= 0.6 is 0 Å². The lowest BCUT2D eigenvalue weighted by Gasteiger charge is -2.40. The summed E-state index contributed by atoms with van der Waals surface area (Å²) in [6, 6.07) is 17.9. The van der Waals surface area contributed by atoms with Gasteiger partial charge in [0.1, 0.15) is 11.8 Å². The summed E-state index contributed by atoms with van der Waals surface area (Å²) >= 11 is 0. The summed E-state index contributed by atoms with van der Waals surface area (Å²) in [5.41, 5.74) is 4.59. The maximum Gasteiger partial charge on any atom is 0.136 e. The lowest BCUT2D eigenvalue weighted by molar-refractivity contribution is 0.0943. The van der Waals surface area contributed by atoms with Crippen LogP contribution in [0.25, 0.3) is 0 Å². The minimum absolute atomic E-state index is 0.120. The molecule has 0 saturated carbocycles. The van der Waals surface area contributed by atoms with Gasteiger partial charge in [-0.05, 0) is 80.6 Å². The van der Waals surface area contributed by atoms with Gasteiger partial charge in [0.25, 0.3) is 0 Å². The van der Waals surface area contributed by atoms with Crippen molar-refractivity contribution in [2.75, 3.05) is 21.3 Å². The first-order valence-electron chi connectivity index (χ1n) is 12.3. The van der Waals surface area contributed by atoms with E-state index >= 15 is 0 Å². The highest BCUT2D eigenvalue weighted by molar-refractivity contribution is 5.45. The van der Waals surface area contributed by atoms with Crippen molar-refractivity contribution in [3.63, 3.8) is 0 Å². The summed E-state index contributed by atoms with van der Waals surface area (Å²) in [7, 11) is 4.51. The predicted octanol–water partition coefficient (Wildman–Crippen LogP) is 4.13. The summed E-state index contributed by atoms with van der Waals surface area (Å²) < 4.78 is 5.26. The van der Waals surface area contributed by atoms with Crippen LogP contribution in [-0.4, -0.2) is 43.4 Å². The molecule has 0 aliphatic carbocycles. The highest BCUT2D eigenvalue weighted by Crippen LogP contribution is 2.42. The van der Waals surface area contributed by atoms with Crippen molar-refractivity contribution in [3.05, 3.63) is 64.2 Å². The molecule has 2 aromatic carbocycles. The second-order valence-electron chi connectivity index (χ2n) is 9.14. The van der Waals surface area contributed by atoms with Gasteiger partial charge in [0.15, 0.2) is 0 Å². The number of rotatable bonds is 8. The number of nitrogens with zero attached hydrogens (tertiary/aromatic N) is 3. The molecule has 186 valence electrons. The van der Waals surface area contributed by atoms with E-state index in [4.69, 9.17) is 9.84 Å². The fourth-order valence-corrected chi connectivity index (χ4v) is 5.76. The Morgan fingerprint density at radius 3 is 2.34 bits per heavy atom. The zero-order valence-corrected chi connectivity index (χ0v) is 21.2. The van der Waals surface area contributed by atoms with E-state index in [0.717, 1.165) is 18.2 Å². The molecule has 7 nitrogen and oxygen atoms in total. The normalized spacial score (nSPS) is 20.7. The van der Waals surface area contributed by atoms with Gasteiger partial charge in [0, 0.05) is 31.8 Å². The van der Waals surface area contributed by atoms with E-state index in [0.29, 0.717) is 41.5 Å². The van der Waals surface area contributed by atoms with E-state index in [2.05, 4.69) is 40.7 Å². The first kappa shape index (κ1) is 26.7. The number of methoxy groups -OCH3 is 1. The number of aliphatic hydroxyl groups is 1. The number of benzene rings is 2. The van der Waals surface area contributed by atoms with Crippen LogP contribution < -0.4 is 15.4 Å². The third-order valence-corrected chi connectivity index (χ3v) is 7.36. The van der Waals surface area contributed by atoms with E-state index < -0.39 is 0 Å². The van der Waals surface area contributed by atoms with Crippen LogP contribution in [0.4, 0.5) is 0 Å². The van der Waals surface area contributed by atoms with Crippen molar-refractivity contribution in [2.24, 2.45) is 0 Å². The Morgan fingerprint density at radius 2 is 1.74 bits per heavy atom. The number of hydrogen-bond acceptors (Lipinski definition) is 7. The van der Waals surface area contributed by atoms with Crippen molar-refractivity contribution in [2.45, 2.75) is 69.9 Å². The van der Waals surface area contributed by atoms with E-state index in [1.165, 1.54) is 37.7 Å². The number of hydrogen-bond donors (Lipinski definition) is 3. The average molecular weight is 476 g/mol. The Bertz CT molecular complexity index is 1060. The summed E-state index contributed by atoms with van der Waals surface area (Å²) in [5, 5.41) is 33.0. The third kappa shape index (κ3) is 5.83. The molecule has 2 bridgehead atoms. The fraction of sp³-hybridized carbons (Fsp3) is 0.500. The van der Waals surface area contributed by atoms with Crippen molar-refractivity contribution in [1.29, 1.82) is 10.5 Å². The highest BCUT2D eigenvalue weighted by Gasteiger charge is 2.40. The molecule has 2 fully saturated rings. The molecular formula is C28H37N5O2. The predicted molar refractivity (Wildman–Crippen MR) is 137 cm³/mol. The van der Waals surface area contributed by atoms with Gasteiger partial charge in [-0.3, -0.25) is 10.2 Å². The van der Waals surface area contributed by atoms with Crippen LogP contribution in [0.2, 0.25) is 0 Å². The van der Waals surface area contributed by atoms with Gasteiger partial charge in [0.2, 0.25) is 0 Å². The Kier molecular flexibility index (Phi) is 9.65. The van der Waals surface area contributed by atoms with Gasteiger partial charge in [0.05, 0.1) is 30.5 Å². The van der Waals surface area contributed by atoms with E-state index in [-0.39, 0.29) is 6.17 Å². The van der Waals surface area contributed by atoms with Gasteiger partial charge in [-0.2, -0.15) is 10.5 Å². The van der Waals surface area contributed by atoms with Crippen LogP contribution in [0, 0.1) is 22.7 Å². The molecule has 3 N–H and O–H groups in total. The lowest BCUT2D eigenvalue weighted by Crippen LogP contribution is -2.42. The Labute approximate surface area is 209 Å². The maximum absolute atomic E-state index is 9.56. The van der Waals surface area contributed by atoms with Gasteiger partial charge in [-0.1, -0.05) is 18.6 Å². The van der Waals surface area contributed by atoms with Gasteiger partial charge in [-0.25, -0.2) is 0 Å². The average Bonchev–Trinajstić information content (AvgIpc) is 3.17. The molecule has 2 heterocycles. The third-order valence-electron chi connectivity index (χ3n) is 7.36. The van der Waals surface area contributed by atoms with Crippen molar-refractivity contribution < 1.29 is 9.84 Å². The molecule has 2 aromatic rings. The molecule has 2 aliphatic rings. The smallest absolute Gasteiger partial charge is 0.136 e. The molecular weight excluding hydrogens is 438 g/mol. The molecule has 35 heavy (non-hydrogen) atoms. The number of ether oxygens (including phenoxy) is 1. The Hall–Kier alpha value is -2.94. The maximum atomic E-state index is 9.56. The van der Waals surface area contributed by atoms with Crippen LogP contribution in [0.5, 0.6) is 5.75 Å². The summed E-state index contributed by atoms with van der Waals surface area (Å²) in [6.45, 7) is 2.90. The SMILES string of the molecule is CNC(NCc1ccc(OC)c(C#N)c1)c1cc(C#N)ccc1C(C)N1C2CCCC1CC2.CO. The molecule has 4 rings (SSSR count). The Balaban J connectivity index is 0.00000167. The lowest BCUT2D eigenvalue weighted by atomic mass is 9.92. The second-order valence-corrected chi connectivity index (χ2v) is 9.14. The van der Waals surface area contributed by atoms with Gasteiger partial charge in [-0.15, -0.1) is 0 Å². The molecule has 7 heteroatoms. The number of piperidine rings is 1. The van der Waals surface area contributed by atoms with E-state index in [1.54, 1.807) is 7.11 Å². The number of aliphatic hydroxyl groups excluding tert-OH is 1. The van der Waals surface area contributed by atoms with Crippen LogP contribution in [0.1, 0.15) is 79.1 Å².